The SMILES string of the molecule is CCc1c(OC)cc(OC)c(Cl)c1-c1nc(N2CCC(F)(F)C2)c2cc(N)ncc2n1. The summed E-state index contributed by atoms with van der Waals surface area (Å²) in [5, 5.41) is 0.874. The number of nitrogen functional groups attached to an aromatic ring is 1. The van der Waals surface area contributed by atoms with E-state index in [-0.39, 0.29) is 24.6 Å². The first-order valence-corrected chi connectivity index (χ1v) is 10.2. The Balaban J connectivity index is 2.01. The molecule has 0 unspecified atom stereocenters. The summed E-state index contributed by atoms with van der Waals surface area (Å²) in [6.45, 7) is 1.68. The number of rotatable bonds is 5. The number of nitrogens with zero attached hydrogens (tertiary/aromatic N) is 4. The standard InChI is InChI=1S/C21H22ClF2N5O2/c1-4-11-14(30-2)8-15(31-3)18(22)17(11)19-27-13-9-26-16(25)7-12(13)20(28-19)29-6-5-21(23,24)10-29/h7-9H,4-6,10H2,1-3H3,(H2,25,26). The lowest BCUT2D eigenvalue weighted by atomic mass is 10.0. The number of anilines is 2. The highest BCUT2D eigenvalue weighted by Crippen LogP contribution is 2.44. The zero-order chi connectivity index (χ0) is 22.3. The van der Waals surface area contributed by atoms with Gasteiger partial charge in [0.05, 0.1) is 37.5 Å². The van der Waals surface area contributed by atoms with E-state index in [1.165, 1.54) is 13.3 Å². The molecular weight excluding hydrogens is 428 g/mol. The van der Waals surface area contributed by atoms with E-state index in [9.17, 15) is 8.78 Å². The second-order valence-corrected chi connectivity index (χ2v) is 7.70. The van der Waals surface area contributed by atoms with Crippen LogP contribution in [0.3, 0.4) is 0 Å². The maximum atomic E-state index is 14.0. The van der Waals surface area contributed by atoms with Gasteiger partial charge in [-0.15, -0.1) is 0 Å². The number of aromatic nitrogens is 3. The van der Waals surface area contributed by atoms with Gasteiger partial charge in [0, 0.05) is 35.5 Å². The van der Waals surface area contributed by atoms with Crippen molar-refractivity contribution in [2.45, 2.75) is 25.7 Å². The molecule has 4 rings (SSSR count). The maximum absolute atomic E-state index is 14.0. The van der Waals surface area contributed by atoms with Crippen LogP contribution in [0.4, 0.5) is 20.4 Å². The third kappa shape index (κ3) is 3.78. The number of fused-ring (bicyclic) bond motifs is 1. The molecule has 1 fully saturated rings. The molecule has 0 saturated carbocycles. The number of methoxy groups -OCH3 is 2. The molecular formula is C21H22ClF2N5O2. The van der Waals surface area contributed by atoms with Crippen molar-refractivity contribution in [2.75, 3.05) is 37.9 Å². The van der Waals surface area contributed by atoms with Crippen molar-refractivity contribution in [3.63, 3.8) is 0 Å². The van der Waals surface area contributed by atoms with E-state index >= 15 is 0 Å². The highest BCUT2D eigenvalue weighted by atomic mass is 35.5. The van der Waals surface area contributed by atoms with Crippen molar-refractivity contribution in [3.05, 3.63) is 28.9 Å². The molecule has 2 N–H and O–H groups in total. The molecule has 1 aliphatic rings. The van der Waals surface area contributed by atoms with Gasteiger partial charge in [0.2, 0.25) is 0 Å². The van der Waals surface area contributed by atoms with Crippen molar-refractivity contribution < 1.29 is 18.3 Å². The molecule has 0 spiro atoms. The Labute approximate surface area is 183 Å². The lowest BCUT2D eigenvalue weighted by molar-refractivity contribution is 0.0257. The van der Waals surface area contributed by atoms with Crippen LogP contribution in [0.25, 0.3) is 22.3 Å². The Morgan fingerprint density at radius 2 is 1.94 bits per heavy atom. The average Bonchev–Trinajstić information content (AvgIpc) is 3.12. The van der Waals surface area contributed by atoms with Crippen molar-refractivity contribution >= 4 is 34.1 Å². The minimum Gasteiger partial charge on any atom is -0.496 e. The van der Waals surface area contributed by atoms with Crippen LogP contribution in [0.5, 0.6) is 11.5 Å². The number of pyridine rings is 1. The summed E-state index contributed by atoms with van der Waals surface area (Å²) in [6, 6.07) is 3.30. The molecule has 0 bridgehead atoms. The Hall–Kier alpha value is -2.94. The van der Waals surface area contributed by atoms with Crippen molar-refractivity contribution in [1.29, 1.82) is 0 Å². The molecule has 0 atom stereocenters. The first kappa shape index (κ1) is 21.3. The first-order chi connectivity index (χ1) is 14.8. The first-order valence-electron chi connectivity index (χ1n) is 9.77. The normalized spacial score (nSPS) is 15.5. The van der Waals surface area contributed by atoms with E-state index in [0.717, 1.165) is 5.56 Å². The van der Waals surface area contributed by atoms with Crippen molar-refractivity contribution in [1.82, 2.24) is 15.0 Å². The molecule has 2 aromatic heterocycles. The minimum atomic E-state index is -2.79. The number of alkyl halides is 2. The van der Waals surface area contributed by atoms with Gasteiger partial charge in [0.25, 0.3) is 5.92 Å². The fraction of sp³-hybridized carbons (Fsp3) is 0.381. The van der Waals surface area contributed by atoms with Crippen LogP contribution in [0.15, 0.2) is 18.3 Å². The monoisotopic (exact) mass is 449 g/mol. The van der Waals surface area contributed by atoms with Gasteiger partial charge in [-0.05, 0) is 12.5 Å². The number of hydrogen-bond acceptors (Lipinski definition) is 7. The van der Waals surface area contributed by atoms with Gasteiger partial charge < -0.3 is 20.1 Å². The Morgan fingerprint density at radius 1 is 1.19 bits per heavy atom. The topological polar surface area (TPSA) is 86.4 Å². The second-order valence-electron chi connectivity index (χ2n) is 7.33. The predicted molar refractivity (Wildman–Crippen MR) is 116 cm³/mol. The molecule has 7 nitrogen and oxygen atoms in total. The molecule has 0 aliphatic carbocycles. The Bertz CT molecular complexity index is 1160. The van der Waals surface area contributed by atoms with E-state index in [1.54, 1.807) is 24.1 Å². The molecule has 10 heteroatoms. The summed E-state index contributed by atoms with van der Waals surface area (Å²) in [5.74, 6) is -0.909. The van der Waals surface area contributed by atoms with E-state index in [1.807, 2.05) is 6.92 Å². The zero-order valence-electron chi connectivity index (χ0n) is 17.4. The van der Waals surface area contributed by atoms with Gasteiger partial charge in [0.1, 0.15) is 23.1 Å². The predicted octanol–water partition coefficient (Wildman–Crippen LogP) is 4.35. The van der Waals surface area contributed by atoms with Gasteiger partial charge >= 0.3 is 0 Å². The third-order valence-corrected chi connectivity index (χ3v) is 5.74. The molecule has 3 aromatic rings. The van der Waals surface area contributed by atoms with Crippen LogP contribution in [0, 0.1) is 0 Å². The summed E-state index contributed by atoms with van der Waals surface area (Å²) in [5.41, 5.74) is 7.65. The summed E-state index contributed by atoms with van der Waals surface area (Å²) >= 11 is 6.66. The molecule has 31 heavy (non-hydrogen) atoms. The highest BCUT2D eigenvalue weighted by Gasteiger charge is 2.39. The zero-order valence-corrected chi connectivity index (χ0v) is 18.1. The van der Waals surface area contributed by atoms with Crippen molar-refractivity contribution in [3.8, 4) is 22.9 Å². The largest absolute Gasteiger partial charge is 0.496 e. The lowest BCUT2D eigenvalue weighted by Crippen LogP contribution is -2.26. The van der Waals surface area contributed by atoms with Crippen LogP contribution >= 0.6 is 11.6 Å². The fourth-order valence-electron chi connectivity index (χ4n) is 3.86. The summed E-state index contributed by atoms with van der Waals surface area (Å²) in [4.78, 5) is 15.0. The number of nitrogens with two attached hydrogens (primary N) is 1. The summed E-state index contributed by atoms with van der Waals surface area (Å²) in [6.07, 6.45) is 1.84. The smallest absolute Gasteiger partial charge is 0.266 e. The van der Waals surface area contributed by atoms with Gasteiger partial charge in [0.15, 0.2) is 5.82 Å². The summed E-state index contributed by atoms with van der Waals surface area (Å²) < 4.78 is 38.9. The molecule has 1 saturated heterocycles. The molecule has 0 radical (unpaired) electrons. The van der Waals surface area contributed by atoms with Crippen LogP contribution in [0.1, 0.15) is 18.9 Å². The van der Waals surface area contributed by atoms with Crippen LogP contribution in [-0.2, 0) is 6.42 Å². The van der Waals surface area contributed by atoms with Gasteiger partial charge in [-0.3, -0.25) is 0 Å². The molecule has 1 aliphatic heterocycles. The van der Waals surface area contributed by atoms with Gasteiger partial charge in [-0.2, -0.15) is 0 Å². The molecule has 0 amide bonds. The van der Waals surface area contributed by atoms with Crippen molar-refractivity contribution in [2.24, 2.45) is 0 Å². The molecule has 3 heterocycles. The average molecular weight is 450 g/mol. The quantitative estimate of drug-likeness (QED) is 0.619. The van der Waals surface area contributed by atoms with E-state index in [2.05, 4.69) is 15.0 Å². The van der Waals surface area contributed by atoms with E-state index in [0.29, 0.717) is 45.2 Å². The van der Waals surface area contributed by atoms with E-state index < -0.39 is 12.5 Å². The number of hydrogen-bond donors (Lipinski definition) is 1. The third-order valence-electron chi connectivity index (χ3n) is 5.37. The number of ether oxygens (including phenoxy) is 2. The number of halogens is 3. The van der Waals surface area contributed by atoms with Crippen LogP contribution < -0.4 is 20.1 Å². The Kier molecular flexibility index (Phi) is 5.47. The van der Waals surface area contributed by atoms with Crippen LogP contribution in [-0.4, -0.2) is 48.2 Å². The Morgan fingerprint density at radius 3 is 2.55 bits per heavy atom. The van der Waals surface area contributed by atoms with Gasteiger partial charge in [-0.25, -0.2) is 23.7 Å². The molecule has 164 valence electrons. The second kappa shape index (κ2) is 7.96. The maximum Gasteiger partial charge on any atom is 0.266 e. The highest BCUT2D eigenvalue weighted by molar-refractivity contribution is 6.35. The van der Waals surface area contributed by atoms with Gasteiger partial charge in [-0.1, -0.05) is 18.5 Å². The fourth-order valence-corrected chi connectivity index (χ4v) is 4.20. The minimum absolute atomic E-state index is 0.163. The van der Waals surface area contributed by atoms with Crippen LogP contribution in [0.2, 0.25) is 5.02 Å². The lowest BCUT2D eigenvalue weighted by Gasteiger charge is -2.21. The van der Waals surface area contributed by atoms with E-state index in [4.69, 9.17) is 26.8 Å². The number of benzene rings is 1. The molecule has 1 aromatic carbocycles. The summed E-state index contributed by atoms with van der Waals surface area (Å²) in [7, 11) is 3.05.